The molecule has 0 fully saturated rings. The highest BCUT2D eigenvalue weighted by Gasteiger charge is 2.23. The first-order valence-corrected chi connectivity index (χ1v) is 6.82. The maximum absolute atomic E-state index is 6.16. The van der Waals surface area contributed by atoms with Gasteiger partial charge in [0.1, 0.15) is 5.75 Å². The second-order valence-corrected chi connectivity index (χ2v) is 5.30. The Morgan fingerprint density at radius 2 is 2.32 bits per heavy atom. The lowest BCUT2D eigenvalue weighted by Crippen LogP contribution is -2.27. The van der Waals surface area contributed by atoms with Crippen LogP contribution in [0, 0.1) is 0 Å². The van der Waals surface area contributed by atoms with Crippen molar-refractivity contribution in [3.8, 4) is 5.75 Å². The summed E-state index contributed by atoms with van der Waals surface area (Å²) in [6, 6.07) is 3.80. The molecule has 0 amide bonds. The Balaban J connectivity index is 1.81. The molecule has 4 nitrogen and oxygen atoms in total. The predicted octanol–water partition coefficient (Wildman–Crippen LogP) is 3.33. The van der Waals surface area contributed by atoms with Gasteiger partial charge < -0.3 is 15.0 Å². The van der Waals surface area contributed by atoms with E-state index in [4.69, 9.17) is 27.9 Å². The number of fused-ring (bicyclic) bond motifs is 1. The molecule has 6 heteroatoms. The Morgan fingerprint density at radius 3 is 3.11 bits per heavy atom. The Bertz CT molecular complexity index is 572. The fourth-order valence-corrected chi connectivity index (χ4v) is 2.82. The van der Waals surface area contributed by atoms with Crippen LogP contribution in [0.15, 0.2) is 24.7 Å². The minimum Gasteiger partial charge on any atom is -0.492 e. The van der Waals surface area contributed by atoms with E-state index in [1.807, 2.05) is 6.07 Å². The van der Waals surface area contributed by atoms with Crippen LogP contribution in [0.2, 0.25) is 10.0 Å². The highest BCUT2D eigenvalue weighted by atomic mass is 35.5. The Morgan fingerprint density at radius 1 is 1.42 bits per heavy atom. The molecule has 0 saturated heterocycles. The molecule has 2 aromatic rings. The van der Waals surface area contributed by atoms with E-state index in [-0.39, 0.29) is 6.04 Å². The van der Waals surface area contributed by atoms with E-state index in [1.54, 1.807) is 18.6 Å². The van der Waals surface area contributed by atoms with Gasteiger partial charge in [0.25, 0.3) is 0 Å². The Kier molecular flexibility index (Phi) is 3.64. The largest absolute Gasteiger partial charge is 0.492 e. The minimum atomic E-state index is 0.184. The second-order valence-electron chi connectivity index (χ2n) is 4.45. The maximum Gasteiger partial charge on any atom is 0.142 e. The first-order chi connectivity index (χ1) is 9.24. The van der Waals surface area contributed by atoms with E-state index >= 15 is 0 Å². The van der Waals surface area contributed by atoms with E-state index in [9.17, 15) is 0 Å². The highest BCUT2D eigenvalue weighted by molar-refractivity contribution is 6.35. The summed E-state index contributed by atoms with van der Waals surface area (Å²) in [7, 11) is 0. The van der Waals surface area contributed by atoms with Crippen LogP contribution in [0.4, 0.5) is 0 Å². The maximum atomic E-state index is 6.16. The highest BCUT2D eigenvalue weighted by Crippen LogP contribution is 2.39. The van der Waals surface area contributed by atoms with Crippen LogP contribution in [0.1, 0.15) is 23.7 Å². The van der Waals surface area contributed by atoms with Crippen LogP contribution in [0.3, 0.4) is 0 Å². The smallest absolute Gasteiger partial charge is 0.142 e. The molecule has 2 N–H and O–H groups in total. The average Bonchev–Trinajstić information content (AvgIpc) is 2.89. The molecule has 1 aliphatic heterocycles. The van der Waals surface area contributed by atoms with Gasteiger partial charge in [0.05, 0.1) is 18.0 Å². The van der Waals surface area contributed by atoms with Gasteiger partial charge in [-0.1, -0.05) is 23.2 Å². The van der Waals surface area contributed by atoms with E-state index in [0.717, 1.165) is 23.4 Å². The zero-order chi connectivity index (χ0) is 13.2. The van der Waals surface area contributed by atoms with Gasteiger partial charge in [-0.2, -0.15) is 0 Å². The normalized spacial score (nSPS) is 17.9. The molecule has 0 aliphatic carbocycles. The number of nitrogens with zero attached hydrogens (tertiary/aromatic N) is 1. The molecule has 1 atom stereocenters. The Labute approximate surface area is 121 Å². The van der Waals surface area contributed by atoms with Crippen LogP contribution in [-0.4, -0.2) is 16.6 Å². The van der Waals surface area contributed by atoms with Gasteiger partial charge in [0.15, 0.2) is 0 Å². The number of ether oxygens (including phenoxy) is 1. The molecule has 0 saturated carbocycles. The number of halogens is 2. The lowest BCUT2D eigenvalue weighted by Gasteiger charge is -2.27. The zero-order valence-electron chi connectivity index (χ0n) is 10.1. The van der Waals surface area contributed by atoms with Crippen molar-refractivity contribution in [2.24, 2.45) is 0 Å². The molecule has 2 heterocycles. The van der Waals surface area contributed by atoms with E-state index in [0.29, 0.717) is 23.2 Å². The van der Waals surface area contributed by atoms with Crippen LogP contribution < -0.4 is 10.1 Å². The molecule has 3 rings (SSSR count). The van der Waals surface area contributed by atoms with Gasteiger partial charge in [-0.25, -0.2) is 4.98 Å². The Hall–Kier alpha value is -1.23. The van der Waals surface area contributed by atoms with Gasteiger partial charge in [0.2, 0.25) is 0 Å². The van der Waals surface area contributed by atoms with Gasteiger partial charge >= 0.3 is 0 Å². The third kappa shape index (κ3) is 2.71. The first-order valence-electron chi connectivity index (χ1n) is 6.06. The molecule has 0 radical (unpaired) electrons. The molecule has 100 valence electrons. The summed E-state index contributed by atoms with van der Waals surface area (Å²) in [5.74, 6) is 0.736. The predicted molar refractivity (Wildman–Crippen MR) is 74.7 cm³/mol. The second kappa shape index (κ2) is 5.41. The van der Waals surface area contributed by atoms with Crippen molar-refractivity contribution in [1.82, 2.24) is 15.3 Å². The van der Waals surface area contributed by atoms with E-state index in [1.165, 1.54) is 0 Å². The summed E-state index contributed by atoms with van der Waals surface area (Å²) in [5, 5.41) is 4.66. The van der Waals surface area contributed by atoms with Gasteiger partial charge in [-0.15, -0.1) is 0 Å². The standard InChI is InChI=1S/C13H13Cl2N3O/c14-8-3-10-12(17-6-9-5-16-7-18-9)1-2-19-13(10)11(15)4-8/h3-5,7,12,17H,1-2,6H2,(H,16,18). The fourth-order valence-electron chi connectivity index (χ4n) is 2.25. The molecule has 0 spiro atoms. The van der Waals surface area contributed by atoms with Crippen molar-refractivity contribution < 1.29 is 4.74 Å². The van der Waals surface area contributed by atoms with Crippen molar-refractivity contribution in [3.63, 3.8) is 0 Å². The van der Waals surface area contributed by atoms with Crippen LogP contribution >= 0.6 is 23.2 Å². The van der Waals surface area contributed by atoms with Crippen molar-refractivity contribution in [3.05, 3.63) is 46.0 Å². The summed E-state index contributed by atoms with van der Waals surface area (Å²) in [6.07, 6.45) is 4.36. The fraction of sp³-hybridized carbons (Fsp3) is 0.308. The molecule has 1 aliphatic rings. The topological polar surface area (TPSA) is 49.9 Å². The number of aromatic nitrogens is 2. The minimum absolute atomic E-state index is 0.184. The molecular weight excluding hydrogens is 285 g/mol. The summed E-state index contributed by atoms with van der Waals surface area (Å²) in [5.41, 5.74) is 2.06. The molecule has 0 bridgehead atoms. The number of imidazole rings is 1. The van der Waals surface area contributed by atoms with Crippen LogP contribution in [0.5, 0.6) is 5.75 Å². The van der Waals surface area contributed by atoms with Crippen molar-refractivity contribution in [1.29, 1.82) is 0 Å². The SMILES string of the molecule is Clc1cc(Cl)c2c(c1)C(NCc1cnc[nH]1)CCO2. The third-order valence-corrected chi connectivity index (χ3v) is 3.66. The monoisotopic (exact) mass is 297 g/mol. The molecule has 1 aromatic heterocycles. The number of benzene rings is 1. The van der Waals surface area contributed by atoms with E-state index < -0.39 is 0 Å². The zero-order valence-corrected chi connectivity index (χ0v) is 11.6. The van der Waals surface area contributed by atoms with Crippen LogP contribution in [-0.2, 0) is 6.54 Å². The molecule has 19 heavy (non-hydrogen) atoms. The van der Waals surface area contributed by atoms with Crippen LogP contribution in [0.25, 0.3) is 0 Å². The van der Waals surface area contributed by atoms with Gasteiger partial charge in [-0.05, 0) is 12.1 Å². The number of rotatable bonds is 3. The number of nitrogens with one attached hydrogen (secondary N) is 2. The lowest BCUT2D eigenvalue weighted by molar-refractivity contribution is 0.252. The van der Waals surface area contributed by atoms with Gasteiger partial charge in [-0.3, -0.25) is 0 Å². The lowest BCUT2D eigenvalue weighted by atomic mass is 10.0. The molecule has 1 unspecified atom stereocenters. The number of H-pyrrole nitrogens is 1. The quantitative estimate of drug-likeness (QED) is 0.914. The first kappa shape index (κ1) is 12.8. The number of hydrogen-bond acceptors (Lipinski definition) is 3. The van der Waals surface area contributed by atoms with Crippen molar-refractivity contribution in [2.45, 2.75) is 19.0 Å². The van der Waals surface area contributed by atoms with Crippen molar-refractivity contribution in [2.75, 3.05) is 6.61 Å². The summed E-state index contributed by atoms with van der Waals surface area (Å²) in [4.78, 5) is 7.06. The molecular formula is C13H13Cl2N3O. The molecule has 1 aromatic carbocycles. The third-order valence-electron chi connectivity index (χ3n) is 3.16. The average molecular weight is 298 g/mol. The summed E-state index contributed by atoms with van der Waals surface area (Å²) < 4.78 is 5.63. The summed E-state index contributed by atoms with van der Waals surface area (Å²) >= 11 is 12.2. The number of hydrogen-bond donors (Lipinski definition) is 2. The van der Waals surface area contributed by atoms with Gasteiger partial charge in [0, 0.05) is 41.5 Å². The van der Waals surface area contributed by atoms with E-state index in [2.05, 4.69) is 15.3 Å². The number of aromatic amines is 1. The summed E-state index contributed by atoms with van der Waals surface area (Å²) in [6.45, 7) is 1.36. The van der Waals surface area contributed by atoms with Crippen molar-refractivity contribution >= 4 is 23.2 Å².